The van der Waals surface area contributed by atoms with Crippen LogP contribution in [0.3, 0.4) is 0 Å². The molecule has 0 radical (unpaired) electrons. The molecule has 0 aliphatic carbocycles. The summed E-state index contributed by atoms with van der Waals surface area (Å²) in [4.78, 5) is 24.5. The lowest BCUT2D eigenvalue weighted by atomic mass is 10.0. The van der Waals surface area contributed by atoms with Gasteiger partial charge in [0, 0.05) is 12.8 Å². The summed E-state index contributed by atoms with van der Waals surface area (Å²) in [6.45, 7) is 7.05. The van der Waals surface area contributed by atoms with Crippen LogP contribution in [0.5, 0.6) is 0 Å². The van der Waals surface area contributed by atoms with E-state index in [9.17, 15) is 27.7 Å². The number of hydrogen-bond donors (Lipinski definition) is 1. The maximum absolute atomic E-state index is 12.3. The Morgan fingerprint density at radius 3 is 0.945 bits per heavy atom. The largest absolute Gasteiger partial charge is 0.726 e. The molecule has 0 aliphatic heterocycles. The van der Waals surface area contributed by atoms with Crippen LogP contribution in [0.25, 0.3) is 0 Å². The third kappa shape index (κ3) is 47.0. The molecule has 10 nitrogen and oxygen atoms in total. The number of carbonyl (C=O) groups is 2. The molecule has 0 aromatic heterocycles. The molecule has 0 aromatic carbocycles. The van der Waals surface area contributed by atoms with E-state index in [2.05, 4.69) is 18.0 Å². The highest BCUT2D eigenvalue weighted by Crippen LogP contribution is 2.16. The second-order valence-corrected chi connectivity index (χ2v) is 17.1. The van der Waals surface area contributed by atoms with E-state index in [-0.39, 0.29) is 18.5 Å². The average molecular weight is 808 g/mol. The molecule has 0 bridgehead atoms. The first-order valence-electron chi connectivity index (χ1n) is 22.8. The number of unbranched alkanes of at least 4 members (excludes halogenated alkanes) is 28. The predicted octanol–water partition coefficient (Wildman–Crippen LogP) is 11.1. The molecule has 55 heavy (non-hydrogen) atoms. The minimum Gasteiger partial charge on any atom is -0.726 e. The van der Waals surface area contributed by atoms with Gasteiger partial charge >= 0.3 is 11.9 Å². The van der Waals surface area contributed by atoms with Crippen LogP contribution in [0.4, 0.5) is 0 Å². The van der Waals surface area contributed by atoms with Gasteiger partial charge in [0.2, 0.25) is 10.4 Å². The van der Waals surface area contributed by atoms with Crippen molar-refractivity contribution in [2.24, 2.45) is 0 Å². The zero-order valence-corrected chi connectivity index (χ0v) is 37.3. The highest BCUT2D eigenvalue weighted by atomic mass is 32.3. The first-order chi connectivity index (χ1) is 26.5. The van der Waals surface area contributed by atoms with Crippen LogP contribution in [-0.4, -0.2) is 88.1 Å². The number of quaternary nitrogens is 1. The van der Waals surface area contributed by atoms with Crippen molar-refractivity contribution >= 4 is 22.3 Å². The van der Waals surface area contributed by atoms with Crippen molar-refractivity contribution in [2.75, 3.05) is 53.6 Å². The number of carbonyl (C=O) groups excluding carboxylic acids is 2. The summed E-state index contributed by atoms with van der Waals surface area (Å²) in [6.07, 6.45) is 40.3. The van der Waals surface area contributed by atoms with Crippen LogP contribution in [0.1, 0.15) is 219 Å². The number of aliphatic hydroxyl groups is 1. The second-order valence-electron chi connectivity index (χ2n) is 15.9. The third-order valence-corrected chi connectivity index (χ3v) is 11.0. The van der Waals surface area contributed by atoms with Crippen LogP contribution < -0.4 is 0 Å². The number of rotatable bonds is 41. The Balaban J connectivity index is 0. The standard InChI is InChI=1S/C43H86NO5.CH4O4S/c1-4-6-8-10-12-14-16-18-20-22-24-26-28-30-32-34-42(46)48-40-37-44(3,36-39-45)38-41-49-43(47)35-33-31-29-27-25-23-21-19-17-15-13-11-9-7-5-2;1-5-6(2,3)4/h45H,4-41H2,1-3H3;1H3,(H,2,3,4)/q+1;/p-1. The minimum absolute atomic E-state index is 0.0522. The smallest absolute Gasteiger partial charge is 0.305 e. The predicted molar refractivity (Wildman–Crippen MR) is 226 cm³/mol. The zero-order valence-electron chi connectivity index (χ0n) is 36.4. The van der Waals surface area contributed by atoms with Gasteiger partial charge in [0.1, 0.15) is 32.8 Å². The number of nitrogens with zero attached hydrogens (tertiary/aromatic N) is 1. The molecule has 0 unspecified atom stereocenters. The summed E-state index contributed by atoms with van der Waals surface area (Å²) >= 11 is 0. The monoisotopic (exact) mass is 808 g/mol. The van der Waals surface area contributed by atoms with Crippen molar-refractivity contribution < 1.29 is 45.8 Å². The molecule has 0 aromatic rings. The van der Waals surface area contributed by atoms with Crippen LogP contribution in [0.15, 0.2) is 0 Å². The Kier molecular flexibility index (Phi) is 43.0. The quantitative estimate of drug-likeness (QED) is 0.0210. The van der Waals surface area contributed by atoms with Crippen LogP contribution in [0.2, 0.25) is 0 Å². The van der Waals surface area contributed by atoms with E-state index in [4.69, 9.17) is 9.47 Å². The molecule has 0 aliphatic rings. The van der Waals surface area contributed by atoms with Gasteiger partial charge < -0.3 is 23.6 Å². The van der Waals surface area contributed by atoms with E-state index in [1.807, 2.05) is 7.05 Å². The van der Waals surface area contributed by atoms with E-state index in [1.54, 1.807) is 0 Å². The van der Waals surface area contributed by atoms with E-state index >= 15 is 0 Å². The first kappa shape index (κ1) is 55.8. The van der Waals surface area contributed by atoms with Gasteiger partial charge in [-0.3, -0.25) is 13.8 Å². The van der Waals surface area contributed by atoms with Crippen molar-refractivity contribution in [3.05, 3.63) is 0 Å². The van der Waals surface area contributed by atoms with Gasteiger partial charge in [0.25, 0.3) is 0 Å². The fourth-order valence-electron chi connectivity index (χ4n) is 6.76. The normalized spacial score (nSPS) is 11.7. The fourth-order valence-corrected chi connectivity index (χ4v) is 6.76. The van der Waals surface area contributed by atoms with Crippen molar-refractivity contribution in [3.63, 3.8) is 0 Å². The fraction of sp³-hybridized carbons (Fsp3) is 0.955. The van der Waals surface area contributed by atoms with Gasteiger partial charge in [-0.05, 0) is 12.8 Å². The molecule has 0 heterocycles. The molecule has 0 amide bonds. The lowest BCUT2D eigenvalue weighted by molar-refractivity contribution is -0.910. The van der Waals surface area contributed by atoms with Gasteiger partial charge in [-0.1, -0.05) is 194 Å². The summed E-state index contributed by atoms with van der Waals surface area (Å²) in [6, 6.07) is 0. The van der Waals surface area contributed by atoms with Crippen molar-refractivity contribution in [1.29, 1.82) is 0 Å². The molecule has 0 spiro atoms. The maximum atomic E-state index is 12.3. The summed E-state index contributed by atoms with van der Waals surface area (Å²) in [7, 11) is -1.58. The van der Waals surface area contributed by atoms with Gasteiger partial charge in [-0.25, -0.2) is 8.42 Å². The average Bonchev–Trinajstić information content (AvgIpc) is 3.15. The number of likely N-dealkylation sites (N-methyl/N-ethyl adjacent to an activating group) is 1. The topological polar surface area (TPSA) is 139 Å². The van der Waals surface area contributed by atoms with E-state index in [0.717, 1.165) is 32.8 Å². The Bertz CT molecular complexity index is 880. The molecular weight excluding hydrogens is 719 g/mol. The maximum Gasteiger partial charge on any atom is 0.305 e. The number of aliphatic hydroxyl groups excluding tert-OH is 1. The van der Waals surface area contributed by atoms with Crippen LogP contribution in [0, 0.1) is 0 Å². The van der Waals surface area contributed by atoms with E-state index in [0.29, 0.717) is 50.2 Å². The summed E-state index contributed by atoms with van der Waals surface area (Å²) < 4.78 is 42.6. The van der Waals surface area contributed by atoms with E-state index in [1.165, 1.54) is 167 Å². The molecule has 1 N–H and O–H groups in total. The van der Waals surface area contributed by atoms with Crippen molar-refractivity contribution in [2.45, 2.75) is 219 Å². The van der Waals surface area contributed by atoms with E-state index < -0.39 is 10.4 Å². The number of hydrogen-bond acceptors (Lipinski definition) is 9. The molecule has 0 saturated carbocycles. The molecular formula is C44H89NO9S. The van der Waals surface area contributed by atoms with Crippen LogP contribution in [-0.2, 0) is 33.6 Å². The summed E-state index contributed by atoms with van der Waals surface area (Å²) in [5.74, 6) is -0.250. The Hall–Kier alpha value is -1.27. The number of ether oxygens (including phenoxy) is 2. The van der Waals surface area contributed by atoms with Crippen LogP contribution >= 0.6 is 0 Å². The molecule has 0 atom stereocenters. The molecule has 0 rings (SSSR count). The summed E-state index contributed by atoms with van der Waals surface area (Å²) in [5, 5.41) is 9.59. The zero-order chi connectivity index (χ0) is 41.1. The molecule has 0 saturated heterocycles. The molecule has 0 fully saturated rings. The third-order valence-electron chi connectivity index (χ3n) is 10.6. The highest BCUT2D eigenvalue weighted by molar-refractivity contribution is 7.80. The van der Waals surface area contributed by atoms with Crippen molar-refractivity contribution in [1.82, 2.24) is 0 Å². The Morgan fingerprint density at radius 1 is 0.491 bits per heavy atom. The summed E-state index contributed by atoms with van der Waals surface area (Å²) in [5.41, 5.74) is 0. The highest BCUT2D eigenvalue weighted by Gasteiger charge is 2.22. The lowest BCUT2D eigenvalue weighted by Gasteiger charge is -2.33. The van der Waals surface area contributed by atoms with Crippen molar-refractivity contribution in [3.8, 4) is 0 Å². The van der Waals surface area contributed by atoms with Gasteiger partial charge in [-0.2, -0.15) is 0 Å². The molecule has 11 heteroatoms. The Morgan fingerprint density at radius 2 is 0.727 bits per heavy atom. The molecule has 330 valence electrons. The number of esters is 2. The SMILES string of the molecule is CCCCCCCCCCCCCCCCCC(=O)OCC[N+](C)(CCO)CCOC(=O)CCCCCCCCCCCCCCCCC.COS(=O)(=O)[O-]. The minimum atomic E-state index is -4.41. The van der Waals surface area contributed by atoms with Gasteiger partial charge in [0.05, 0.1) is 20.8 Å². The Labute approximate surface area is 340 Å². The van der Waals surface area contributed by atoms with Gasteiger partial charge in [-0.15, -0.1) is 0 Å². The second kappa shape index (κ2) is 42.3. The van der Waals surface area contributed by atoms with Gasteiger partial charge in [0.15, 0.2) is 0 Å². The first-order valence-corrected chi connectivity index (χ1v) is 24.1. The lowest BCUT2D eigenvalue weighted by Crippen LogP contribution is -2.50.